The van der Waals surface area contributed by atoms with E-state index in [2.05, 4.69) is 27.7 Å². The fourth-order valence-corrected chi connectivity index (χ4v) is 4.52. The Morgan fingerprint density at radius 2 is 1.56 bits per heavy atom. The lowest BCUT2D eigenvalue weighted by atomic mass is 10.0. The summed E-state index contributed by atoms with van der Waals surface area (Å²) in [5.74, 6) is 0.603. The van der Waals surface area contributed by atoms with Crippen LogP contribution in [0.25, 0.3) is 0 Å². The van der Waals surface area contributed by atoms with Crippen LogP contribution < -0.4 is 0 Å². The van der Waals surface area contributed by atoms with Gasteiger partial charge in [0, 0.05) is 36.6 Å². The topological polar surface area (TPSA) is 40.6 Å². The van der Waals surface area contributed by atoms with Gasteiger partial charge in [-0.3, -0.25) is 9.59 Å². The summed E-state index contributed by atoms with van der Waals surface area (Å²) >= 11 is 1.60. The lowest BCUT2D eigenvalue weighted by molar-refractivity contribution is 0.0538. The van der Waals surface area contributed by atoms with E-state index in [0.29, 0.717) is 32.1 Å². The molecule has 2 aromatic rings. The lowest BCUT2D eigenvalue weighted by Crippen LogP contribution is -2.50. The number of piperazine rings is 1. The van der Waals surface area contributed by atoms with Crippen molar-refractivity contribution in [3.63, 3.8) is 0 Å². The zero-order valence-corrected chi connectivity index (χ0v) is 17.4. The molecule has 1 fully saturated rings. The molecule has 1 aliphatic rings. The first kappa shape index (κ1) is 19.6. The van der Waals surface area contributed by atoms with Crippen molar-refractivity contribution < 1.29 is 9.59 Å². The Balaban J connectivity index is 1.60. The second-order valence-corrected chi connectivity index (χ2v) is 8.57. The average Bonchev–Trinajstić information content (AvgIpc) is 3.07. The molecule has 144 valence electrons. The monoisotopic (exact) mass is 384 g/mol. The molecule has 0 bridgehead atoms. The van der Waals surface area contributed by atoms with Crippen LogP contribution in [0, 0.1) is 6.92 Å². The minimum atomic E-state index is 0.0534. The smallest absolute Gasteiger partial charge is 0.264 e. The first-order valence-electron chi connectivity index (χ1n) is 9.68. The predicted molar refractivity (Wildman–Crippen MR) is 111 cm³/mol. The number of benzene rings is 1. The number of aryl methyl sites for hydroxylation is 2. The number of carbonyl (C=O) groups excluding carboxylic acids is 2. The summed E-state index contributed by atoms with van der Waals surface area (Å²) in [6, 6.07) is 9.88. The van der Waals surface area contributed by atoms with Crippen LogP contribution in [0.1, 0.15) is 62.7 Å². The largest absolute Gasteiger partial charge is 0.335 e. The normalized spacial score (nSPS) is 14.7. The minimum Gasteiger partial charge on any atom is -0.335 e. The van der Waals surface area contributed by atoms with E-state index in [1.165, 1.54) is 16.0 Å². The molecule has 4 nitrogen and oxygen atoms in total. The Hall–Kier alpha value is -2.14. The van der Waals surface area contributed by atoms with Gasteiger partial charge < -0.3 is 9.80 Å². The van der Waals surface area contributed by atoms with E-state index in [1.54, 1.807) is 11.3 Å². The van der Waals surface area contributed by atoms with Crippen LogP contribution in [0.3, 0.4) is 0 Å². The van der Waals surface area contributed by atoms with Crippen LogP contribution in [-0.4, -0.2) is 47.8 Å². The van der Waals surface area contributed by atoms with E-state index >= 15 is 0 Å². The third-order valence-corrected chi connectivity index (χ3v) is 6.60. The van der Waals surface area contributed by atoms with Crippen molar-refractivity contribution in [3.05, 3.63) is 56.8 Å². The van der Waals surface area contributed by atoms with Gasteiger partial charge in [-0.2, -0.15) is 0 Å². The second-order valence-electron chi connectivity index (χ2n) is 7.43. The molecule has 1 aromatic carbocycles. The summed E-state index contributed by atoms with van der Waals surface area (Å²) in [5.41, 5.74) is 3.16. The molecular formula is C22H28N2O2S. The molecule has 27 heavy (non-hydrogen) atoms. The standard InChI is InChI=1S/C22H28N2O2S/c1-5-19-16(4)14-20(27-19)22(26)24-12-10-23(11-13-24)21(25)18-8-6-17(7-9-18)15(2)3/h6-9,14-15H,5,10-13H2,1-4H3. The van der Waals surface area contributed by atoms with Gasteiger partial charge in [0.05, 0.1) is 4.88 Å². The first-order valence-corrected chi connectivity index (χ1v) is 10.5. The number of thiophene rings is 1. The van der Waals surface area contributed by atoms with Gasteiger partial charge in [0.25, 0.3) is 11.8 Å². The summed E-state index contributed by atoms with van der Waals surface area (Å²) in [6.45, 7) is 10.8. The molecule has 0 unspecified atom stereocenters. The van der Waals surface area contributed by atoms with Crippen LogP contribution in [0.4, 0.5) is 0 Å². The molecule has 0 N–H and O–H groups in total. The zero-order chi connectivity index (χ0) is 19.6. The number of rotatable bonds is 4. The van der Waals surface area contributed by atoms with Crippen molar-refractivity contribution in [1.29, 1.82) is 0 Å². The van der Waals surface area contributed by atoms with Gasteiger partial charge in [0.15, 0.2) is 0 Å². The zero-order valence-electron chi connectivity index (χ0n) is 16.6. The quantitative estimate of drug-likeness (QED) is 0.787. The number of carbonyl (C=O) groups is 2. The van der Waals surface area contributed by atoms with E-state index in [0.717, 1.165) is 16.9 Å². The van der Waals surface area contributed by atoms with E-state index < -0.39 is 0 Å². The summed E-state index contributed by atoms with van der Waals surface area (Å²) in [6.07, 6.45) is 0.960. The maximum Gasteiger partial charge on any atom is 0.264 e. The van der Waals surface area contributed by atoms with Gasteiger partial charge in [-0.15, -0.1) is 11.3 Å². The summed E-state index contributed by atoms with van der Waals surface area (Å²) in [7, 11) is 0. The highest BCUT2D eigenvalue weighted by molar-refractivity contribution is 7.14. The molecular weight excluding hydrogens is 356 g/mol. The Bertz CT molecular complexity index is 815. The Morgan fingerprint density at radius 3 is 2.04 bits per heavy atom. The third-order valence-electron chi connectivity index (χ3n) is 5.23. The summed E-state index contributed by atoms with van der Waals surface area (Å²) in [4.78, 5) is 31.3. The molecule has 5 heteroatoms. The van der Waals surface area contributed by atoms with E-state index in [-0.39, 0.29) is 11.8 Å². The van der Waals surface area contributed by atoms with Gasteiger partial charge >= 0.3 is 0 Å². The number of hydrogen-bond donors (Lipinski definition) is 0. The van der Waals surface area contributed by atoms with Gasteiger partial charge in [0.1, 0.15) is 0 Å². The molecule has 2 amide bonds. The van der Waals surface area contributed by atoms with E-state index in [1.807, 2.05) is 40.1 Å². The maximum absolute atomic E-state index is 12.8. The molecule has 1 aliphatic heterocycles. The molecule has 2 heterocycles. The SMILES string of the molecule is CCc1sc(C(=O)N2CCN(C(=O)c3ccc(C(C)C)cc3)CC2)cc1C. The van der Waals surface area contributed by atoms with Gasteiger partial charge in [-0.1, -0.05) is 32.9 Å². The molecule has 3 rings (SSSR count). The molecule has 0 aliphatic carbocycles. The van der Waals surface area contributed by atoms with Crippen molar-refractivity contribution >= 4 is 23.2 Å². The van der Waals surface area contributed by atoms with E-state index in [4.69, 9.17) is 0 Å². The van der Waals surface area contributed by atoms with Crippen molar-refractivity contribution in [2.45, 2.75) is 40.0 Å². The highest BCUT2D eigenvalue weighted by Gasteiger charge is 2.26. The number of amides is 2. The number of nitrogens with zero attached hydrogens (tertiary/aromatic N) is 2. The highest BCUT2D eigenvalue weighted by Crippen LogP contribution is 2.24. The second kappa shape index (κ2) is 8.26. The van der Waals surface area contributed by atoms with Gasteiger partial charge in [-0.25, -0.2) is 0 Å². The van der Waals surface area contributed by atoms with Gasteiger partial charge in [0.2, 0.25) is 0 Å². The lowest BCUT2D eigenvalue weighted by Gasteiger charge is -2.34. The van der Waals surface area contributed by atoms with Crippen molar-refractivity contribution in [3.8, 4) is 0 Å². The van der Waals surface area contributed by atoms with Crippen molar-refractivity contribution in [1.82, 2.24) is 9.80 Å². The summed E-state index contributed by atoms with van der Waals surface area (Å²) < 4.78 is 0. The Morgan fingerprint density at radius 1 is 1.00 bits per heavy atom. The number of hydrogen-bond acceptors (Lipinski definition) is 3. The van der Waals surface area contributed by atoms with Crippen LogP contribution >= 0.6 is 11.3 Å². The maximum atomic E-state index is 12.8. The molecule has 0 radical (unpaired) electrons. The van der Waals surface area contributed by atoms with Crippen LogP contribution in [0.2, 0.25) is 0 Å². The molecule has 1 saturated heterocycles. The van der Waals surface area contributed by atoms with Crippen LogP contribution in [0.15, 0.2) is 30.3 Å². The van der Waals surface area contributed by atoms with Crippen molar-refractivity contribution in [2.24, 2.45) is 0 Å². The third kappa shape index (κ3) is 4.24. The fraction of sp³-hybridized carbons (Fsp3) is 0.455. The Kier molecular flexibility index (Phi) is 6.00. The molecule has 0 saturated carbocycles. The molecule has 0 spiro atoms. The Labute approximate surface area is 165 Å². The fourth-order valence-electron chi connectivity index (χ4n) is 3.44. The molecule has 0 atom stereocenters. The highest BCUT2D eigenvalue weighted by atomic mass is 32.1. The first-order chi connectivity index (χ1) is 12.9. The van der Waals surface area contributed by atoms with Gasteiger partial charge in [-0.05, 0) is 48.6 Å². The average molecular weight is 385 g/mol. The van der Waals surface area contributed by atoms with Crippen molar-refractivity contribution in [2.75, 3.05) is 26.2 Å². The molecule has 1 aromatic heterocycles. The van der Waals surface area contributed by atoms with E-state index in [9.17, 15) is 9.59 Å². The predicted octanol–water partition coefficient (Wildman–Crippen LogP) is 4.34. The van der Waals surface area contributed by atoms with Crippen LogP contribution in [-0.2, 0) is 6.42 Å². The minimum absolute atomic E-state index is 0.0534. The van der Waals surface area contributed by atoms with Crippen LogP contribution in [0.5, 0.6) is 0 Å². The summed E-state index contributed by atoms with van der Waals surface area (Å²) in [5, 5.41) is 0.